The first-order valence-corrected chi connectivity index (χ1v) is 9.91. The molecule has 29 heavy (non-hydrogen) atoms. The van der Waals surface area contributed by atoms with E-state index in [1.54, 1.807) is 19.2 Å². The zero-order valence-corrected chi connectivity index (χ0v) is 16.5. The van der Waals surface area contributed by atoms with Crippen molar-refractivity contribution in [3.63, 3.8) is 0 Å². The lowest BCUT2D eigenvalue weighted by Crippen LogP contribution is -2.28. The van der Waals surface area contributed by atoms with Gasteiger partial charge in [-0.1, -0.05) is 12.5 Å². The highest BCUT2D eigenvalue weighted by Gasteiger charge is 2.26. The van der Waals surface area contributed by atoms with Crippen LogP contribution in [-0.4, -0.2) is 28.4 Å². The molecule has 2 heterocycles. The Morgan fingerprint density at radius 2 is 2.17 bits per heavy atom. The third-order valence-electron chi connectivity index (χ3n) is 5.40. The van der Waals surface area contributed by atoms with Crippen molar-refractivity contribution in [1.29, 1.82) is 0 Å². The molecule has 1 aromatic carbocycles. The average molecular weight is 394 g/mol. The predicted octanol–water partition coefficient (Wildman–Crippen LogP) is 3.38. The number of rotatable bonds is 7. The summed E-state index contributed by atoms with van der Waals surface area (Å²) in [6.07, 6.45) is 7.44. The number of hydrogen-bond acceptors (Lipinski definition) is 5. The molecule has 3 N–H and O–H groups in total. The summed E-state index contributed by atoms with van der Waals surface area (Å²) in [5.74, 6) is 1.40. The lowest BCUT2D eigenvalue weighted by atomic mass is 10.00. The lowest BCUT2D eigenvalue weighted by Gasteiger charge is -2.16. The molecular weight excluding hydrogens is 368 g/mol. The van der Waals surface area contributed by atoms with Gasteiger partial charge in [0.1, 0.15) is 12.3 Å². The molecule has 0 saturated heterocycles. The molecule has 2 aromatic heterocycles. The van der Waals surface area contributed by atoms with Gasteiger partial charge in [0.15, 0.2) is 11.5 Å². The summed E-state index contributed by atoms with van der Waals surface area (Å²) in [5.41, 5.74) is 8.43. The Kier molecular flexibility index (Phi) is 5.67. The number of anilines is 1. The van der Waals surface area contributed by atoms with Crippen molar-refractivity contribution < 1.29 is 14.3 Å². The van der Waals surface area contributed by atoms with Crippen LogP contribution in [0.4, 0.5) is 5.69 Å². The maximum atomic E-state index is 12.4. The molecule has 0 spiro atoms. The number of hydrogen-bond donors (Lipinski definition) is 2. The van der Waals surface area contributed by atoms with Gasteiger partial charge in [0.25, 0.3) is 0 Å². The number of nitrogens with one attached hydrogen (secondary N) is 1. The first-order valence-electron chi connectivity index (χ1n) is 9.91. The van der Waals surface area contributed by atoms with Crippen molar-refractivity contribution in [2.45, 2.75) is 38.3 Å². The molecule has 1 amide bonds. The molecule has 7 nitrogen and oxygen atoms in total. The van der Waals surface area contributed by atoms with Crippen molar-refractivity contribution in [2.24, 2.45) is 11.7 Å². The van der Waals surface area contributed by atoms with Gasteiger partial charge in [-0.3, -0.25) is 4.79 Å². The SMILES string of the molecule is COc1ccc(NC(=O)C[C@@H]2CCC[C@H]2N)cc1OCc1cn2ccccc2n1. The molecule has 4 rings (SSSR count). The predicted molar refractivity (Wildman–Crippen MR) is 111 cm³/mol. The normalized spacial score (nSPS) is 18.7. The van der Waals surface area contributed by atoms with E-state index in [0.29, 0.717) is 30.2 Å². The van der Waals surface area contributed by atoms with Gasteiger partial charge < -0.3 is 24.9 Å². The van der Waals surface area contributed by atoms with E-state index in [0.717, 1.165) is 30.6 Å². The average Bonchev–Trinajstić information content (AvgIpc) is 3.32. The smallest absolute Gasteiger partial charge is 0.224 e. The summed E-state index contributed by atoms with van der Waals surface area (Å²) in [5, 5.41) is 2.95. The molecular formula is C22H26N4O3. The quantitative estimate of drug-likeness (QED) is 0.641. The van der Waals surface area contributed by atoms with Crippen LogP contribution in [-0.2, 0) is 11.4 Å². The minimum atomic E-state index is -0.0242. The molecule has 152 valence electrons. The van der Waals surface area contributed by atoms with E-state index in [4.69, 9.17) is 15.2 Å². The fourth-order valence-electron chi connectivity index (χ4n) is 3.84. The molecule has 7 heteroatoms. The fourth-order valence-corrected chi connectivity index (χ4v) is 3.84. The van der Waals surface area contributed by atoms with Crippen LogP contribution in [0.3, 0.4) is 0 Å². The summed E-state index contributed by atoms with van der Waals surface area (Å²) < 4.78 is 13.3. The standard InChI is InChI=1S/C22H26N4O3/c1-28-19-9-8-16(25-22(27)11-15-5-4-6-18(15)23)12-20(19)29-14-17-13-26-10-3-2-7-21(26)24-17/h2-3,7-10,12-13,15,18H,4-6,11,14,23H2,1H3,(H,25,27)/t15-,18+/m0/s1. The number of ether oxygens (including phenoxy) is 2. The van der Waals surface area contributed by atoms with E-state index in [1.165, 1.54) is 0 Å². The number of fused-ring (bicyclic) bond motifs is 1. The topological polar surface area (TPSA) is 90.9 Å². The van der Waals surface area contributed by atoms with Gasteiger partial charge in [-0.05, 0) is 43.0 Å². The summed E-state index contributed by atoms with van der Waals surface area (Å²) in [4.78, 5) is 16.9. The largest absolute Gasteiger partial charge is 0.493 e. The van der Waals surface area contributed by atoms with Gasteiger partial charge in [0.05, 0.1) is 12.8 Å². The molecule has 1 saturated carbocycles. The van der Waals surface area contributed by atoms with Crippen LogP contribution in [0.25, 0.3) is 5.65 Å². The van der Waals surface area contributed by atoms with Crippen LogP contribution in [0.2, 0.25) is 0 Å². The number of methoxy groups -OCH3 is 1. The van der Waals surface area contributed by atoms with E-state index in [9.17, 15) is 4.79 Å². The highest BCUT2D eigenvalue weighted by Crippen LogP contribution is 2.32. The molecule has 1 aliphatic carbocycles. The number of nitrogens with zero attached hydrogens (tertiary/aromatic N) is 2. The third-order valence-corrected chi connectivity index (χ3v) is 5.40. The summed E-state index contributed by atoms with van der Waals surface area (Å²) in [6.45, 7) is 0.298. The fraction of sp³-hybridized carbons (Fsp3) is 0.364. The van der Waals surface area contributed by atoms with Crippen LogP contribution >= 0.6 is 0 Å². The number of pyridine rings is 1. The summed E-state index contributed by atoms with van der Waals surface area (Å²) >= 11 is 0. The van der Waals surface area contributed by atoms with Crippen molar-refractivity contribution in [3.8, 4) is 11.5 Å². The number of carbonyl (C=O) groups is 1. The van der Waals surface area contributed by atoms with Gasteiger partial charge >= 0.3 is 0 Å². The van der Waals surface area contributed by atoms with Crippen LogP contribution < -0.4 is 20.5 Å². The first-order chi connectivity index (χ1) is 14.1. The second-order valence-corrected chi connectivity index (χ2v) is 7.46. The summed E-state index contributed by atoms with van der Waals surface area (Å²) in [7, 11) is 1.59. The molecule has 2 atom stereocenters. The van der Waals surface area contributed by atoms with E-state index < -0.39 is 0 Å². The number of nitrogens with two attached hydrogens (primary N) is 1. The maximum Gasteiger partial charge on any atom is 0.224 e. The molecule has 0 unspecified atom stereocenters. The molecule has 1 fully saturated rings. The molecule has 3 aromatic rings. The van der Waals surface area contributed by atoms with Crippen molar-refractivity contribution in [3.05, 3.63) is 54.5 Å². The number of aromatic nitrogens is 2. The highest BCUT2D eigenvalue weighted by molar-refractivity contribution is 5.91. The van der Waals surface area contributed by atoms with E-state index in [-0.39, 0.29) is 17.9 Å². The second-order valence-electron chi connectivity index (χ2n) is 7.46. The van der Waals surface area contributed by atoms with E-state index >= 15 is 0 Å². The van der Waals surface area contributed by atoms with Gasteiger partial charge in [-0.25, -0.2) is 4.98 Å². The number of amides is 1. The monoisotopic (exact) mass is 394 g/mol. The minimum absolute atomic E-state index is 0.0242. The zero-order chi connectivity index (χ0) is 20.2. The van der Waals surface area contributed by atoms with Gasteiger partial charge in [-0.15, -0.1) is 0 Å². The molecule has 0 bridgehead atoms. The molecule has 1 aliphatic rings. The maximum absolute atomic E-state index is 12.4. The Morgan fingerprint density at radius 3 is 2.93 bits per heavy atom. The Balaban J connectivity index is 1.42. The number of imidazole rings is 1. The Bertz CT molecular complexity index is 968. The van der Waals surface area contributed by atoms with Crippen molar-refractivity contribution in [2.75, 3.05) is 12.4 Å². The van der Waals surface area contributed by atoms with E-state index in [1.807, 2.05) is 41.1 Å². The van der Waals surface area contributed by atoms with Crippen LogP contribution in [0.5, 0.6) is 11.5 Å². The van der Waals surface area contributed by atoms with Crippen molar-refractivity contribution >= 4 is 17.2 Å². The van der Waals surface area contributed by atoms with Crippen LogP contribution in [0, 0.1) is 5.92 Å². The van der Waals surface area contributed by atoms with Gasteiger partial charge in [-0.2, -0.15) is 0 Å². The first kappa shape index (κ1) is 19.3. The van der Waals surface area contributed by atoms with Gasteiger partial charge in [0, 0.05) is 36.6 Å². The Morgan fingerprint density at radius 1 is 1.28 bits per heavy atom. The third kappa shape index (κ3) is 4.51. The number of carbonyl (C=O) groups excluding carboxylic acids is 1. The second kappa shape index (κ2) is 8.53. The zero-order valence-electron chi connectivity index (χ0n) is 16.5. The van der Waals surface area contributed by atoms with E-state index in [2.05, 4.69) is 10.3 Å². The minimum Gasteiger partial charge on any atom is -0.493 e. The Labute approximate surface area is 169 Å². The molecule has 0 radical (unpaired) electrons. The van der Waals surface area contributed by atoms with Crippen LogP contribution in [0.1, 0.15) is 31.4 Å². The van der Waals surface area contributed by atoms with Crippen LogP contribution in [0.15, 0.2) is 48.8 Å². The lowest BCUT2D eigenvalue weighted by molar-refractivity contribution is -0.117. The Hall–Kier alpha value is -3.06. The molecule has 0 aliphatic heterocycles. The van der Waals surface area contributed by atoms with Gasteiger partial charge in [0.2, 0.25) is 5.91 Å². The summed E-state index contributed by atoms with van der Waals surface area (Å²) in [6, 6.07) is 11.3. The highest BCUT2D eigenvalue weighted by atomic mass is 16.5. The number of benzene rings is 1. The van der Waals surface area contributed by atoms with Crippen molar-refractivity contribution in [1.82, 2.24) is 9.38 Å².